The molecule has 3 rings (SSSR count). The fourth-order valence-corrected chi connectivity index (χ4v) is 3.30. The standard InChI is InChI=1S/C23H25F3N2O4/c1-22(14-29,15-30)27-9-11-28-10-8-16-6-7-17(12-20(16)28)21(31)32-13-18-4-2-3-5-19(18)23(24,25)26/h2-8,10,12,27,29-30H,9,11,13-15H2,1H3. The van der Waals surface area contributed by atoms with E-state index in [9.17, 15) is 28.2 Å². The van der Waals surface area contributed by atoms with Crippen molar-refractivity contribution in [1.82, 2.24) is 9.88 Å². The second-order valence-electron chi connectivity index (χ2n) is 7.82. The number of fused-ring (bicyclic) bond motifs is 1. The topological polar surface area (TPSA) is 83.7 Å². The predicted octanol–water partition coefficient (Wildman–Crippen LogP) is 3.35. The third-order valence-electron chi connectivity index (χ3n) is 5.29. The van der Waals surface area contributed by atoms with Crippen LogP contribution in [0.4, 0.5) is 13.2 Å². The number of hydrogen-bond acceptors (Lipinski definition) is 5. The SMILES string of the molecule is CC(CO)(CO)NCCn1ccc2ccc(C(=O)OCc3ccccc3C(F)(F)F)cc21. The van der Waals surface area contributed by atoms with Crippen molar-refractivity contribution in [2.75, 3.05) is 19.8 Å². The van der Waals surface area contributed by atoms with Gasteiger partial charge in [0.05, 0.1) is 29.9 Å². The van der Waals surface area contributed by atoms with Gasteiger partial charge in [0, 0.05) is 30.4 Å². The molecule has 0 saturated heterocycles. The number of nitrogens with zero attached hydrogens (tertiary/aromatic N) is 1. The number of aliphatic hydroxyl groups is 2. The lowest BCUT2D eigenvalue weighted by molar-refractivity contribution is -0.138. The van der Waals surface area contributed by atoms with Crippen LogP contribution in [-0.4, -0.2) is 46.0 Å². The first-order valence-corrected chi connectivity index (χ1v) is 10.0. The van der Waals surface area contributed by atoms with E-state index in [1.54, 1.807) is 25.1 Å². The molecule has 0 aliphatic heterocycles. The highest BCUT2D eigenvalue weighted by atomic mass is 19.4. The molecule has 1 heterocycles. The molecule has 3 aromatic rings. The molecule has 2 aromatic carbocycles. The average molecular weight is 450 g/mol. The Morgan fingerprint density at radius 1 is 1.09 bits per heavy atom. The second kappa shape index (κ2) is 9.72. The Balaban J connectivity index is 1.70. The van der Waals surface area contributed by atoms with Crippen LogP contribution in [0.3, 0.4) is 0 Å². The Labute approximate surface area is 183 Å². The fourth-order valence-electron chi connectivity index (χ4n) is 3.30. The van der Waals surface area contributed by atoms with Gasteiger partial charge in [-0.05, 0) is 36.6 Å². The summed E-state index contributed by atoms with van der Waals surface area (Å²) in [5.74, 6) is -0.720. The average Bonchev–Trinajstić information content (AvgIpc) is 3.19. The highest BCUT2D eigenvalue weighted by molar-refractivity contribution is 5.94. The number of carbonyl (C=O) groups is 1. The minimum absolute atomic E-state index is 0.111. The maximum absolute atomic E-state index is 13.1. The molecule has 0 unspecified atom stereocenters. The molecule has 0 bridgehead atoms. The van der Waals surface area contributed by atoms with Gasteiger partial charge in [-0.1, -0.05) is 24.3 Å². The molecule has 0 fully saturated rings. The van der Waals surface area contributed by atoms with E-state index >= 15 is 0 Å². The third kappa shape index (κ3) is 5.48. The van der Waals surface area contributed by atoms with Crippen LogP contribution in [0.5, 0.6) is 0 Å². The molecule has 32 heavy (non-hydrogen) atoms. The van der Waals surface area contributed by atoms with Gasteiger partial charge in [-0.25, -0.2) is 4.79 Å². The van der Waals surface area contributed by atoms with Crippen LogP contribution in [-0.2, 0) is 24.1 Å². The fraction of sp³-hybridized carbons (Fsp3) is 0.348. The maximum atomic E-state index is 13.1. The number of aliphatic hydroxyl groups excluding tert-OH is 2. The van der Waals surface area contributed by atoms with E-state index in [1.165, 1.54) is 18.2 Å². The summed E-state index contributed by atoms with van der Waals surface area (Å²) in [6.07, 6.45) is -2.69. The van der Waals surface area contributed by atoms with Gasteiger partial charge in [-0.15, -0.1) is 0 Å². The highest BCUT2D eigenvalue weighted by Gasteiger charge is 2.33. The minimum atomic E-state index is -4.53. The van der Waals surface area contributed by atoms with Crippen LogP contribution < -0.4 is 5.32 Å². The number of benzene rings is 2. The molecule has 1 aromatic heterocycles. The first-order valence-electron chi connectivity index (χ1n) is 10.0. The number of nitrogens with one attached hydrogen (secondary N) is 1. The van der Waals surface area contributed by atoms with E-state index in [4.69, 9.17) is 4.74 Å². The first kappa shape index (κ1) is 23.8. The summed E-state index contributed by atoms with van der Waals surface area (Å²) in [5, 5.41) is 22.7. The number of esters is 1. The molecule has 0 aliphatic carbocycles. The Kier molecular flexibility index (Phi) is 7.22. The van der Waals surface area contributed by atoms with Gasteiger partial charge < -0.3 is 24.8 Å². The summed E-state index contributed by atoms with van der Waals surface area (Å²) in [5.41, 5.74) is -0.760. The highest BCUT2D eigenvalue weighted by Crippen LogP contribution is 2.32. The molecule has 0 atom stereocenters. The largest absolute Gasteiger partial charge is 0.457 e. The third-order valence-corrected chi connectivity index (χ3v) is 5.29. The number of hydrogen-bond donors (Lipinski definition) is 3. The van der Waals surface area contributed by atoms with Crippen molar-refractivity contribution in [3.63, 3.8) is 0 Å². The Bertz CT molecular complexity index is 1070. The van der Waals surface area contributed by atoms with Crippen LogP contribution in [0.25, 0.3) is 10.9 Å². The van der Waals surface area contributed by atoms with Gasteiger partial charge >= 0.3 is 12.1 Å². The van der Waals surface area contributed by atoms with E-state index in [-0.39, 0.29) is 24.3 Å². The summed E-state index contributed by atoms with van der Waals surface area (Å²) in [7, 11) is 0. The summed E-state index contributed by atoms with van der Waals surface area (Å²) in [6, 6.07) is 11.8. The lowest BCUT2D eigenvalue weighted by Gasteiger charge is -2.26. The summed E-state index contributed by atoms with van der Waals surface area (Å²) >= 11 is 0. The zero-order valence-corrected chi connectivity index (χ0v) is 17.5. The molecule has 0 saturated carbocycles. The van der Waals surface area contributed by atoms with Gasteiger partial charge in [0.1, 0.15) is 6.61 Å². The molecule has 0 amide bonds. The van der Waals surface area contributed by atoms with Crippen molar-refractivity contribution in [2.45, 2.75) is 31.8 Å². The van der Waals surface area contributed by atoms with Crippen molar-refractivity contribution in [1.29, 1.82) is 0 Å². The number of ether oxygens (including phenoxy) is 1. The van der Waals surface area contributed by atoms with Crippen LogP contribution in [0.2, 0.25) is 0 Å². The molecule has 172 valence electrons. The number of alkyl halides is 3. The minimum Gasteiger partial charge on any atom is -0.457 e. The van der Waals surface area contributed by atoms with E-state index < -0.39 is 29.9 Å². The Morgan fingerprint density at radius 3 is 2.50 bits per heavy atom. The van der Waals surface area contributed by atoms with E-state index in [0.717, 1.165) is 17.0 Å². The van der Waals surface area contributed by atoms with Gasteiger partial charge in [0.15, 0.2) is 0 Å². The zero-order valence-electron chi connectivity index (χ0n) is 17.5. The quantitative estimate of drug-likeness (QED) is 0.436. The van der Waals surface area contributed by atoms with E-state index in [1.807, 2.05) is 16.8 Å². The monoisotopic (exact) mass is 450 g/mol. The van der Waals surface area contributed by atoms with Gasteiger partial charge in [0.2, 0.25) is 0 Å². The lowest BCUT2D eigenvalue weighted by atomic mass is 10.1. The van der Waals surface area contributed by atoms with Crippen molar-refractivity contribution < 1.29 is 32.9 Å². The van der Waals surface area contributed by atoms with Crippen molar-refractivity contribution in [2.24, 2.45) is 0 Å². The van der Waals surface area contributed by atoms with Crippen molar-refractivity contribution >= 4 is 16.9 Å². The van der Waals surface area contributed by atoms with Crippen LogP contribution in [0, 0.1) is 0 Å². The molecule has 6 nitrogen and oxygen atoms in total. The number of carbonyl (C=O) groups excluding carboxylic acids is 1. The van der Waals surface area contributed by atoms with Gasteiger partial charge in [-0.2, -0.15) is 13.2 Å². The predicted molar refractivity (Wildman–Crippen MR) is 113 cm³/mol. The second-order valence-corrected chi connectivity index (χ2v) is 7.82. The number of halogens is 3. The molecule has 3 N–H and O–H groups in total. The Morgan fingerprint density at radius 2 is 1.81 bits per heavy atom. The molecule has 0 aliphatic rings. The van der Waals surface area contributed by atoms with Crippen LogP contribution in [0.15, 0.2) is 54.7 Å². The van der Waals surface area contributed by atoms with Crippen molar-refractivity contribution in [3.8, 4) is 0 Å². The first-order chi connectivity index (χ1) is 15.2. The summed E-state index contributed by atoms with van der Waals surface area (Å²) in [4.78, 5) is 12.5. The summed E-state index contributed by atoms with van der Waals surface area (Å²) in [6.45, 7) is 1.75. The molecular formula is C23H25F3N2O4. The Hall–Kier alpha value is -2.88. The van der Waals surface area contributed by atoms with Crippen molar-refractivity contribution in [3.05, 3.63) is 71.4 Å². The van der Waals surface area contributed by atoms with E-state index in [2.05, 4.69) is 5.32 Å². The van der Waals surface area contributed by atoms with Gasteiger partial charge in [-0.3, -0.25) is 0 Å². The molecule has 0 spiro atoms. The van der Waals surface area contributed by atoms with Crippen LogP contribution >= 0.6 is 0 Å². The molecular weight excluding hydrogens is 425 g/mol. The lowest BCUT2D eigenvalue weighted by Crippen LogP contribution is -2.49. The molecule has 9 heteroatoms. The van der Waals surface area contributed by atoms with Crippen LogP contribution in [0.1, 0.15) is 28.4 Å². The number of aromatic nitrogens is 1. The summed E-state index contributed by atoms with van der Waals surface area (Å²) < 4.78 is 46.4. The maximum Gasteiger partial charge on any atom is 0.416 e. The smallest absolute Gasteiger partial charge is 0.416 e. The number of rotatable bonds is 9. The van der Waals surface area contributed by atoms with E-state index in [0.29, 0.717) is 13.1 Å². The molecule has 0 radical (unpaired) electrons. The van der Waals surface area contributed by atoms with Gasteiger partial charge in [0.25, 0.3) is 0 Å². The zero-order chi connectivity index (χ0) is 23.4. The normalized spacial score (nSPS) is 12.3.